The van der Waals surface area contributed by atoms with E-state index in [4.69, 9.17) is 0 Å². The van der Waals surface area contributed by atoms with Crippen molar-refractivity contribution in [2.75, 3.05) is 6.54 Å². The molecular weight excluding hydrogens is 262 g/mol. The van der Waals surface area contributed by atoms with E-state index in [1.807, 2.05) is 29.2 Å². The first-order valence-corrected chi connectivity index (χ1v) is 8.01. The van der Waals surface area contributed by atoms with E-state index in [-0.39, 0.29) is 17.7 Å². The first-order valence-electron chi connectivity index (χ1n) is 8.01. The van der Waals surface area contributed by atoms with E-state index in [2.05, 4.69) is 6.92 Å². The summed E-state index contributed by atoms with van der Waals surface area (Å²) in [7, 11) is 0. The van der Waals surface area contributed by atoms with Crippen LogP contribution >= 0.6 is 0 Å². The van der Waals surface area contributed by atoms with E-state index in [1.54, 1.807) is 6.92 Å². The molecule has 1 aromatic carbocycles. The van der Waals surface area contributed by atoms with Crippen LogP contribution in [-0.4, -0.2) is 29.2 Å². The van der Waals surface area contributed by atoms with Crippen LogP contribution in [0.25, 0.3) is 0 Å². The molecular formula is C18H25NO2. The van der Waals surface area contributed by atoms with Crippen molar-refractivity contribution in [1.82, 2.24) is 4.90 Å². The molecule has 1 atom stereocenters. The molecule has 1 unspecified atom stereocenters. The Labute approximate surface area is 127 Å². The summed E-state index contributed by atoms with van der Waals surface area (Å²) in [6, 6.07) is 7.90. The normalized spacial score (nSPS) is 19.1. The maximum absolute atomic E-state index is 12.9. The lowest BCUT2D eigenvalue weighted by molar-refractivity contribution is -0.118. The smallest absolute Gasteiger partial charge is 0.254 e. The maximum atomic E-state index is 12.9. The highest BCUT2D eigenvalue weighted by atomic mass is 16.2. The lowest BCUT2D eigenvalue weighted by atomic mass is 10.0. The van der Waals surface area contributed by atoms with Crippen LogP contribution in [-0.2, 0) is 11.2 Å². The van der Waals surface area contributed by atoms with Gasteiger partial charge in [0.1, 0.15) is 5.78 Å². The fourth-order valence-corrected chi connectivity index (χ4v) is 3.18. The van der Waals surface area contributed by atoms with Gasteiger partial charge in [0.2, 0.25) is 0 Å². The summed E-state index contributed by atoms with van der Waals surface area (Å²) in [6.07, 6.45) is 5.58. The van der Waals surface area contributed by atoms with Crippen LogP contribution in [0.4, 0.5) is 0 Å². The second-order valence-electron chi connectivity index (χ2n) is 5.92. The molecule has 0 bridgehead atoms. The number of Topliss-reactive ketones (excluding diaryl/α,β-unsaturated/α-hetero) is 1. The Balaban J connectivity index is 2.26. The summed E-state index contributed by atoms with van der Waals surface area (Å²) in [5, 5.41) is 0. The van der Waals surface area contributed by atoms with Crippen molar-refractivity contribution in [1.29, 1.82) is 0 Å². The third-order valence-corrected chi connectivity index (χ3v) is 4.29. The van der Waals surface area contributed by atoms with Crippen LogP contribution in [0.1, 0.15) is 61.9 Å². The Bertz CT molecular complexity index is 510. The molecule has 1 fully saturated rings. The fourth-order valence-electron chi connectivity index (χ4n) is 3.18. The predicted molar refractivity (Wildman–Crippen MR) is 84.4 cm³/mol. The Kier molecular flexibility index (Phi) is 5.54. The third-order valence-electron chi connectivity index (χ3n) is 4.29. The lowest BCUT2D eigenvalue weighted by Crippen LogP contribution is -2.41. The highest BCUT2D eigenvalue weighted by Crippen LogP contribution is 2.23. The molecule has 0 saturated carbocycles. The van der Waals surface area contributed by atoms with Gasteiger partial charge in [-0.05, 0) is 37.8 Å². The largest absolute Gasteiger partial charge is 0.335 e. The van der Waals surface area contributed by atoms with Gasteiger partial charge in [-0.3, -0.25) is 9.59 Å². The van der Waals surface area contributed by atoms with E-state index < -0.39 is 0 Å². The van der Waals surface area contributed by atoms with Crippen LogP contribution in [0.2, 0.25) is 0 Å². The molecule has 1 amide bonds. The van der Waals surface area contributed by atoms with Crippen molar-refractivity contribution in [2.45, 2.75) is 58.4 Å². The van der Waals surface area contributed by atoms with Gasteiger partial charge >= 0.3 is 0 Å². The molecule has 114 valence electrons. The van der Waals surface area contributed by atoms with Gasteiger partial charge in [0.25, 0.3) is 5.91 Å². The number of hydrogen-bond acceptors (Lipinski definition) is 2. The van der Waals surface area contributed by atoms with Crippen LogP contribution in [0, 0.1) is 0 Å². The summed E-state index contributed by atoms with van der Waals surface area (Å²) in [6.45, 7) is 4.46. The van der Waals surface area contributed by atoms with E-state index in [9.17, 15) is 9.59 Å². The zero-order valence-corrected chi connectivity index (χ0v) is 13.1. The number of aryl methyl sites for hydroxylation is 1. The first kappa shape index (κ1) is 15.7. The molecule has 0 N–H and O–H groups in total. The molecule has 21 heavy (non-hydrogen) atoms. The molecule has 0 aromatic heterocycles. The van der Waals surface area contributed by atoms with E-state index in [0.717, 1.165) is 49.8 Å². The van der Waals surface area contributed by atoms with Crippen LogP contribution in [0.15, 0.2) is 24.3 Å². The second kappa shape index (κ2) is 7.39. The van der Waals surface area contributed by atoms with Crippen molar-refractivity contribution in [3.63, 3.8) is 0 Å². The SMILES string of the molecule is CCc1ccccc1C(=O)N1CCCCCC1CC(C)=O. The topological polar surface area (TPSA) is 37.4 Å². The van der Waals surface area contributed by atoms with Gasteiger partial charge in [-0.25, -0.2) is 0 Å². The quantitative estimate of drug-likeness (QED) is 0.848. The Hall–Kier alpha value is -1.64. The van der Waals surface area contributed by atoms with Crippen molar-refractivity contribution in [3.05, 3.63) is 35.4 Å². The van der Waals surface area contributed by atoms with Gasteiger partial charge in [-0.2, -0.15) is 0 Å². The monoisotopic (exact) mass is 287 g/mol. The summed E-state index contributed by atoms with van der Waals surface area (Å²) in [5.41, 5.74) is 1.89. The zero-order valence-electron chi connectivity index (χ0n) is 13.1. The molecule has 1 saturated heterocycles. The molecule has 0 spiro atoms. The number of amides is 1. The van der Waals surface area contributed by atoms with E-state index >= 15 is 0 Å². The van der Waals surface area contributed by atoms with E-state index in [0.29, 0.717) is 6.42 Å². The molecule has 1 aromatic rings. The standard InChI is InChI=1S/C18H25NO2/c1-3-15-9-6-7-11-17(15)18(21)19-12-8-4-5-10-16(19)13-14(2)20/h6-7,9,11,16H,3-5,8,10,12-13H2,1-2H3. The summed E-state index contributed by atoms with van der Waals surface area (Å²) in [4.78, 5) is 26.4. The summed E-state index contributed by atoms with van der Waals surface area (Å²) < 4.78 is 0. The molecule has 3 nitrogen and oxygen atoms in total. The number of nitrogens with zero attached hydrogens (tertiary/aromatic N) is 1. The molecule has 1 heterocycles. The van der Waals surface area contributed by atoms with Gasteiger partial charge in [0, 0.05) is 24.6 Å². The average Bonchev–Trinajstić information content (AvgIpc) is 2.71. The molecule has 0 radical (unpaired) electrons. The highest BCUT2D eigenvalue weighted by Gasteiger charge is 2.27. The maximum Gasteiger partial charge on any atom is 0.254 e. The number of rotatable bonds is 4. The molecule has 3 heteroatoms. The van der Waals surface area contributed by atoms with Crippen LogP contribution in [0.3, 0.4) is 0 Å². The van der Waals surface area contributed by atoms with Gasteiger partial charge in [0.15, 0.2) is 0 Å². The zero-order chi connectivity index (χ0) is 15.2. The van der Waals surface area contributed by atoms with E-state index in [1.165, 1.54) is 0 Å². The number of benzene rings is 1. The Morgan fingerprint density at radius 3 is 2.67 bits per heavy atom. The minimum atomic E-state index is 0.0717. The van der Waals surface area contributed by atoms with Crippen LogP contribution in [0.5, 0.6) is 0 Å². The predicted octanol–water partition coefficient (Wildman–Crippen LogP) is 3.61. The number of carbonyl (C=O) groups is 2. The number of likely N-dealkylation sites (tertiary alicyclic amines) is 1. The Morgan fingerprint density at radius 1 is 1.19 bits per heavy atom. The number of ketones is 1. The fraction of sp³-hybridized carbons (Fsp3) is 0.556. The average molecular weight is 287 g/mol. The minimum Gasteiger partial charge on any atom is -0.335 e. The third kappa shape index (κ3) is 3.93. The highest BCUT2D eigenvalue weighted by molar-refractivity contribution is 5.96. The van der Waals surface area contributed by atoms with Crippen LogP contribution < -0.4 is 0 Å². The molecule has 1 aliphatic heterocycles. The van der Waals surface area contributed by atoms with Crippen molar-refractivity contribution < 1.29 is 9.59 Å². The van der Waals surface area contributed by atoms with Gasteiger partial charge in [-0.15, -0.1) is 0 Å². The molecule has 1 aliphatic rings. The van der Waals surface area contributed by atoms with Crippen molar-refractivity contribution >= 4 is 11.7 Å². The van der Waals surface area contributed by atoms with Gasteiger partial charge < -0.3 is 4.90 Å². The van der Waals surface area contributed by atoms with Gasteiger partial charge in [-0.1, -0.05) is 38.0 Å². The van der Waals surface area contributed by atoms with Gasteiger partial charge in [0.05, 0.1) is 0 Å². The molecule has 2 rings (SSSR count). The summed E-state index contributed by atoms with van der Waals surface area (Å²) in [5.74, 6) is 0.268. The summed E-state index contributed by atoms with van der Waals surface area (Å²) >= 11 is 0. The second-order valence-corrected chi connectivity index (χ2v) is 5.92. The van der Waals surface area contributed by atoms with Crippen molar-refractivity contribution in [2.24, 2.45) is 0 Å². The lowest BCUT2D eigenvalue weighted by Gasteiger charge is -2.30. The Morgan fingerprint density at radius 2 is 1.95 bits per heavy atom. The minimum absolute atomic E-state index is 0.0717. The first-order chi connectivity index (χ1) is 10.1. The number of hydrogen-bond donors (Lipinski definition) is 0. The molecule has 0 aliphatic carbocycles. The number of carbonyl (C=O) groups excluding carboxylic acids is 2. The van der Waals surface area contributed by atoms with Crippen molar-refractivity contribution in [3.8, 4) is 0 Å².